The third kappa shape index (κ3) is 6.27. The first-order valence-electron chi connectivity index (χ1n) is 11.8. The molecule has 2 aliphatic heterocycles. The molecule has 4 atom stereocenters. The quantitative estimate of drug-likeness (QED) is 0.256. The molecule has 2 heterocycles. The summed E-state index contributed by atoms with van der Waals surface area (Å²) < 4.78 is 52.5. The van der Waals surface area contributed by atoms with Crippen LogP contribution in [0, 0.1) is 16.7 Å². The molecule has 1 unspecified atom stereocenters. The number of hydrogen-bond donors (Lipinski definition) is 3. The molecule has 3 aliphatic rings. The van der Waals surface area contributed by atoms with Gasteiger partial charge in [0, 0.05) is 18.5 Å². The highest BCUT2D eigenvalue weighted by Gasteiger charge is 2.61. The van der Waals surface area contributed by atoms with E-state index in [1.165, 1.54) is 20.8 Å². The van der Waals surface area contributed by atoms with Crippen molar-refractivity contribution in [2.75, 3.05) is 19.6 Å². The average molecular weight is 556 g/mol. The number of likely N-dealkylation sites (tertiary alicyclic amines) is 1. The first-order chi connectivity index (χ1) is 17.0. The molecule has 1 spiro atoms. The maximum Gasteiger partial charge on any atom is 0.471 e. The van der Waals surface area contributed by atoms with Crippen molar-refractivity contribution >= 4 is 41.1 Å². The summed E-state index contributed by atoms with van der Waals surface area (Å²) in [6, 6.07) is -2.79. The van der Waals surface area contributed by atoms with Crippen molar-refractivity contribution in [2.45, 2.75) is 70.3 Å². The number of hydrogen-bond acceptors (Lipinski definition) is 5. The van der Waals surface area contributed by atoms with Gasteiger partial charge in [-0.05, 0) is 31.1 Å². The molecule has 208 valence electrons. The van der Waals surface area contributed by atoms with Crippen LogP contribution in [0.5, 0.6) is 0 Å². The SMILES string of the molecule is CC(C)(C)[C@H](NC(=O)C(F)(F)F)C(=O)N1CCC2(CC2)[C@H]1C(=O)NN(C[C@@H]1CCNC1=O)C(=O)C(F)Cl. The van der Waals surface area contributed by atoms with Crippen molar-refractivity contribution in [1.82, 2.24) is 26.0 Å². The lowest BCUT2D eigenvalue weighted by Gasteiger charge is -2.37. The van der Waals surface area contributed by atoms with Gasteiger partial charge in [0.25, 0.3) is 17.4 Å². The largest absolute Gasteiger partial charge is 0.471 e. The third-order valence-electron chi connectivity index (χ3n) is 7.08. The van der Waals surface area contributed by atoms with Gasteiger partial charge in [-0.2, -0.15) is 13.2 Å². The number of nitrogens with one attached hydrogen (secondary N) is 3. The van der Waals surface area contributed by atoms with Crippen molar-refractivity contribution in [1.29, 1.82) is 0 Å². The van der Waals surface area contributed by atoms with Crippen LogP contribution in [-0.4, -0.2) is 83.0 Å². The summed E-state index contributed by atoms with van der Waals surface area (Å²) in [6.45, 7) is 4.43. The number of hydrazine groups is 1. The molecule has 1 aliphatic carbocycles. The normalized spacial score (nSPS) is 24.3. The molecule has 0 bridgehead atoms. The number of carbonyl (C=O) groups excluding carboxylic acids is 5. The van der Waals surface area contributed by atoms with E-state index in [1.54, 1.807) is 5.32 Å². The van der Waals surface area contributed by atoms with Crippen LogP contribution in [0.4, 0.5) is 17.6 Å². The number of nitrogens with zero attached hydrogens (tertiary/aromatic N) is 2. The van der Waals surface area contributed by atoms with E-state index in [0.717, 1.165) is 4.90 Å². The molecular formula is C22H30ClF4N5O5. The maximum atomic E-state index is 13.7. The molecule has 1 saturated carbocycles. The molecule has 37 heavy (non-hydrogen) atoms. The minimum absolute atomic E-state index is 0.0333. The highest BCUT2D eigenvalue weighted by Crippen LogP contribution is 2.57. The van der Waals surface area contributed by atoms with Crippen LogP contribution in [0.25, 0.3) is 0 Å². The van der Waals surface area contributed by atoms with E-state index < -0.39 is 64.3 Å². The van der Waals surface area contributed by atoms with Crippen molar-refractivity contribution in [2.24, 2.45) is 16.7 Å². The molecule has 3 N–H and O–H groups in total. The van der Waals surface area contributed by atoms with Gasteiger partial charge in [-0.3, -0.25) is 29.4 Å². The molecular weight excluding hydrogens is 526 g/mol. The van der Waals surface area contributed by atoms with Gasteiger partial charge in [-0.25, -0.2) is 9.40 Å². The minimum Gasteiger partial charge on any atom is -0.356 e. The first-order valence-corrected chi connectivity index (χ1v) is 12.3. The van der Waals surface area contributed by atoms with Crippen LogP contribution >= 0.6 is 11.6 Å². The van der Waals surface area contributed by atoms with Gasteiger partial charge < -0.3 is 15.5 Å². The van der Waals surface area contributed by atoms with Crippen LogP contribution in [-0.2, 0) is 24.0 Å². The third-order valence-corrected chi connectivity index (χ3v) is 7.26. The summed E-state index contributed by atoms with van der Waals surface area (Å²) in [7, 11) is 0. The Labute approximate surface area is 215 Å². The second-order valence-corrected chi connectivity index (χ2v) is 11.2. The van der Waals surface area contributed by atoms with Crippen LogP contribution in [0.15, 0.2) is 0 Å². The Morgan fingerprint density at radius 3 is 2.27 bits per heavy atom. The van der Waals surface area contributed by atoms with Crippen LogP contribution in [0.3, 0.4) is 0 Å². The van der Waals surface area contributed by atoms with E-state index in [4.69, 9.17) is 11.6 Å². The van der Waals surface area contributed by atoms with Gasteiger partial charge in [0.2, 0.25) is 11.8 Å². The predicted molar refractivity (Wildman–Crippen MR) is 121 cm³/mol. The number of rotatable bonds is 6. The van der Waals surface area contributed by atoms with E-state index in [9.17, 15) is 41.5 Å². The van der Waals surface area contributed by atoms with E-state index >= 15 is 0 Å². The zero-order chi connectivity index (χ0) is 27.9. The fraction of sp³-hybridized carbons (Fsp3) is 0.773. The molecule has 10 nitrogen and oxygen atoms in total. The Hall–Kier alpha value is -2.64. The van der Waals surface area contributed by atoms with E-state index in [2.05, 4.69) is 10.7 Å². The van der Waals surface area contributed by atoms with Crippen LogP contribution in [0.1, 0.15) is 46.5 Å². The maximum absolute atomic E-state index is 13.7. The Balaban J connectivity index is 1.84. The van der Waals surface area contributed by atoms with Gasteiger partial charge in [-0.1, -0.05) is 32.4 Å². The van der Waals surface area contributed by atoms with Crippen molar-refractivity contribution < 1.29 is 41.5 Å². The Bertz CT molecular complexity index is 966. The van der Waals surface area contributed by atoms with E-state index in [1.807, 2.05) is 0 Å². The van der Waals surface area contributed by atoms with Gasteiger partial charge in [0.05, 0.1) is 12.5 Å². The minimum atomic E-state index is -5.22. The topological polar surface area (TPSA) is 128 Å². The second-order valence-electron chi connectivity index (χ2n) is 10.8. The second kappa shape index (κ2) is 10.3. The average Bonchev–Trinajstić information content (AvgIpc) is 3.28. The van der Waals surface area contributed by atoms with E-state index in [0.29, 0.717) is 37.2 Å². The Kier molecular flexibility index (Phi) is 8.02. The fourth-order valence-corrected chi connectivity index (χ4v) is 4.97. The van der Waals surface area contributed by atoms with Gasteiger partial charge in [0.1, 0.15) is 12.1 Å². The zero-order valence-electron chi connectivity index (χ0n) is 20.6. The summed E-state index contributed by atoms with van der Waals surface area (Å²) >= 11 is 5.31. The summed E-state index contributed by atoms with van der Waals surface area (Å²) in [4.78, 5) is 64.0. The van der Waals surface area contributed by atoms with Crippen LogP contribution in [0.2, 0.25) is 0 Å². The summed E-state index contributed by atoms with van der Waals surface area (Å²) in [5.74, 6) is -6.45. The zero-order valence-corrected chi connectivity index (χ0v) is 21.3. The van der Waals surface area contributed by atoms with Crippen molar-refractivity contribution in [3.8, 4) is 0 Å². The molecule has 15 heteroatoms. The van der Waals surface area contributed by atoms with Gasteiger partial charge in [-0.15, -0.1) is 0 Å². The lowest BCUT2D eigenvalue weighted by atomic mass is 9.85. The van der Waals surface area contributed by atoms with Crippen molar-refractivity contribution in [3.05, 3.63) is 0 Å². The molecule has 0 aromatic rings. The molecule has 3 fully saturated rings. The highest BCUT2D eigenvalue weighted by atomic mass is 35.5. The van der Waals surface area contributed by atoms with Gasteiger partial charge in [0.15, 0.2) is 0 Å². The monoisotopic (exact) mass is 555 g/mol. The first kappa shape index (κ1) is 28.9. The number of alkyl halides is 5. The standard InChI is InChI=1S/C22H30ClF4N5O5/c1-20(2,3)12(29-19(37)22(25,26)27)17(35)31-9-7-21(5-6-21)13(31)16(34)30-32(18(36)14(23)24)10-11-4-8-28-15(11)33/h11-14H,4-10H2,1-3H3,(H,28,33)(H,29,37)(H,30,34)/t11-,12+,13+,14?/m0/s1. The molecule has 2 saturated heterocycles. The number of amides is 5. The molecule has 0 aromatic heterocycles. The Morgan fingerprint density at radius 1 is 1.19 bits per heavy atom. The van der Waals surface area contributed by atoms with Crippen molar-refractivity contribution in [3.63, 3.8) is 0 Å². The predicted octanol–water partition coefficient (Wildman–Crippen LogP) is 0.991. The summed E-state index contributed by atoms with van der Waals surface area (Å²) in [5.41, 5.74) is -2.02. The molecule has 3 rings (SSSR count). The number of halogens is 5. The molecule has 5 amide bonds. The summed E-state index contributed by atoms with van der Waals surface area (Å²) in [5, 5.41) is 4.92. The fourth-order valence-electron chi connectivity index (χ4n) is 4.85. The Morgan fingerprint density at radius 2 is 1.81 bits per heavy atom. The number of carbonyl (C=O) groups is 5. The molecule has 0 radical (unpaired) electrons. The van der Waals surface area contributed by atoms with Gasteiger partial charge >= 0.3 is 12.1 Å². The highest BCUT2D eigenvalue weighted by molar-refractivity contribution is 6.29. The smallest absolute Gasteiger partial charge is 0.356 e. The lowest BCUT2D eigenvalue weighted by Crippen LogP contribution is -2.62. The lowest BCUT2D eigenvalue weighted by molar-refractivity contribution is -0.176. The molecule has 0 aromatic carbocycles. The van der Waals surface area contributed by atoms with Crippen LogP contribution < -0.4 is 16.1 Å². The van der Waals surface area contributed by atoms with E-state index in [-0.39, 0.29) is 19.0 Å². The summed E-state index contributed by atoms with van der Waals surface area (Å²) in [6.07, 6.45) is -3.42.